The van der Waals surface area contributed by atoms with E-state index in [1.54, 1.807) is 0 Å². The third-order valence-corrected chi connectivity index (χ3v) is 18.5. The molecule has 0 aliphatic heterocycles. The molecule has 0 bridgehead atoms. The maximum atomic E-state index is 16.7. The maximum Gasteiger partial charge on any atom is 0 e. The van der Waals surface area contributed by atoms with Crippen LogP contribution in [-0.2, 0) is 73.6 Å². The van der Waals surface area contributed by atoms with Gasteiger partial charge in [0.15, 0.2) is 23.1 Å². The van der Waals surface area contributed by atoms with Crippen LogP contribution in [0.15, 0.2) is 121 Å². The number of fused-ring (bicyclic) bond motifs is 6. The first-order valence-electron chi connectivity index (χ1n) is 33.8. The van der Waals surface area contributed by atoms with Gasteiger partial charge in [0, 0.05) is 88.2 Å². The quantitative estimate of drug-likeness (QED) is 0.0493. The van der Waals surface area contributed by atoms with E-state index in [1.165, 1.54) is 12.1 Å². The molecular formula is C85H104Cl4F4Hf2N2O4-2. The van der Waals surface area contributed by atoms with E-state index in [0.29, 0.717) is 11.4 Å². The monoisotopic (exact) mass is 1790 g/mol. The van der Waals surface area contributed by atoms with Gasteiger partial charge in [-0.15, -0.1) is 0 Å². The summed E-state index contributed by atoms with van der Waals surface area (Å²) in [4.78, 5) is 0. The SMILES string of the molecule is CC(C)(C)CC(C)(C)c1cc(-c2cc(F)cc(F)c2OCCCOc2c(F)cc(F)cc2-c2cc(C(C)(C)CC(C)(C)C)cc(-n3c4ccc(C(C)(C)C)cc4c4cc(C(C)(C)C)ccc43)c2O)c(O)c(-n2c3ccc(C(C)(C)C)cc3c3cc(C(C)(C)C)ccc32)c1.[CH3-].[CH3-].[Cl][Hf]([Cl])([Cl])[Cl].[Hf]. The molecule has 101 heavy (non-hydrogen) atoms. The van der Waals surface area contributed by atoms with Gasteiger partial charge in [0.2, 0.25) is 0 Å². The standard InChI is InChI=1S/C83H98F4N2O4.2CH3.4ClH.2Hf/c1-76(2,3)46-82(19,20)52-38-60(72(90)70(40-52)88-66-28-24-48(78(7,8)9)34-56(66)57-35-49(79(10,11)12)25-29-67(57)88)62-42-54(84)44-64(86)74(62)92-32-23-33-93-75-63(43-55(85)45-65(75)87)61-39-53(83(21,22)47-77(4,5)6)41-71(73(61)91)89-68-30-26-50(80(13,14)15)36-58(68)59-37-51(81(16,17)18)27-31-69(59)89;;;;;;;;/h24-31,34-45,90-91H,23,32-33,46-47H2,1-22H3;2*1H3;4*1H;;/q;2*-1;;;;;;+4/p-4. The second-order valence-corrected chi connectivity index (χ2v) is 65.8. The van der Waals surface area contributed by atoms with E-state index in [-0.39, 0.29) is 138 Å². The Hall–Kier alpha value is -4.82. The molecule has 2 N–H and O–H groups in total. The van der Waals surface area contributed by atoms with Gasteiger partial charge in [0.25, 0.3) is 0 Å². The normalized spacial score (nSPS) is 12.9. The largest absolute Gasteiger partial charge is 0 e. The number of ether oxygens (including phenoxy) is 2. The van der Waals surface area contributed by atoms with Crippen LogP contribution in [0.3, 0.4) is 0 Å². The van der Waals surface area contributed by atoms with Crippen molar-refractivity contribution < 1.29 is 78.3 Å². The predicted octanol–water partition coefficient (Wildman–Crippen LogP) is 27.3. The molecule has 0 spiro atoms. The molecule has 544 valence electrons. The van der Waals surface area contributed by atoms with Crippen LogP contribution in [0.25, 0.3) is 77.2 Å². The number of hydrogen-bond donors (Lipinski definition) is 2. The Labute approximate surface area is 637 Å². The van der Waals surface area contributed by atoms with Crippen LogP contribution in [0.5, 0.6) is 23.0 Å². The number of hydrogen-bond acceptors (Lipinski definition) is 4. The van der Waals surface area contributed by atoms with Crippen molar-refractivity contribution in [3.63, 3.8) is 0 Å². The first-order valence-corrected chi connectivity index (χ1v) is 51.6. The zero-order valence-corrected chi connectivity index (χ0v) is 73.9. The minimum Gasteiger partial charge on any atom is 0 e. The van der Waals surface area contributed by atoms with Crippen molar-refractivity contribution in [3.05, 3.63) is 193 Å². The molecule has 0 unspecified atom stereocenters. The van der Waals surface area contributed by atoms with E-state index >= 15 is 17.6 Å². The van der Waals surface area contributed by atoms with E-state index in [4.69, 9.17) is 43.8 Å². The topological polar surface area (TPSA) is 68.8 Å². The summed E-state index contributed by atoms with van der Waals surface area (Å²) in [5.74, 6) is -4.64. The Balaban J connectivity index is 0.00000194. The summed E-state index contributed by atoms with van der Waals surface area (Å²) >= 11 is -3.39. The fourth-order valence-electron chi connectivity index (χ4n) is 14.3. The van der Waals surface area contributed by atoms with Crippen LogP contribution >= 0.6 is 34.3 Å². The first-order chi connectivity index (χ1) is 44.8. The van der Waals surface area contributed by atoms with Crippen LogP contribution < -0.4 is 9.47 Å². The summed E-state index contributed by atoms with van der Waals surface area (Å²) in [7, 11) is 20.2. The molecule has 2 heterocycles. The van der Waals surface area contributed by atoms with Gasteiger partial charge in [0.05, 0.1) is 46.7 Å². The van der Waals surface area contributed by atoms with Gasteiger partial charge in [-0.05, 0) is 174 Å². The molecule has 0 saturated heterocycles. The van der Waals surface area contributed by atoms with Crippen molar-refractivity contribution >= 4 is 77.9 Å². The zero-order valence-electron chi connectivity index (χ0n) is 63.7. The van der Waals surface area contributed by atoms with Gasteiger partial charge in [-0.1, -0.05) is 177 Å². The Bertz CT molecular complexity index is 4260. The smallest absolute Gasteiger partial charge is 0 e. The van der Waals surface area contributed by atoms with Crippen molar-refractivity contribution in [1.82, 2.24) is 9.13 Å². The fraction of sp³-hybridized carbons (Fsp3) is 0.412. The van der Waals surface area contributed by atoms with Gasteiger partial charge in [-0.2, -0.15) is 0 Å². The number of nitrogens with zero attached hydrogens (tertiary/aromatic N) is 2. The summed E-state index contributed by atoms with van der Waals surface area (Å²) in [5.41, 5.74) is 9.10. The third-order valence-electron chi connectivity index (χ3n) is 18.5. The van der Waals surface area contributed by atoms with Crippen LogP contribution in [-0.4, -0.2) is 32.6 Å². The first kappa shape index (κ1) is 85.1. The Morgan fingerprint density at radius 3 is 0.861 bits per heavy atom. The van der Waals surface area contributed by atoms with Gasteiger partial charge in [-0.25, -0.2) is 17.6 Å². The number of benzene rings is 8. The molecule has 0 radical (unpaired) electrons. The summed E-state index contributed by atoms with van der Waals surface area (Å²) in [6, 6.07) is 37.4. The second kappa shape index (κ2) is 30.6. The summed E-state index contributed by atoms with van der Waals surface area (Å²) in [6.45, 7) is 47.5. The number of halogens is 8. The molecule has 0 fully saturated rings. The van der Waals surface area contributed by atoms with E-state index in [9.17, 15) is 10.2 Å². The molecule has 0 saturated carbocycles. The number of phenolic OH excluding ortho intramolecular Hbond substituents is 2. The third kappa shape index (κ3) is 19.3. The molecule has 8 aromatic carbocycles. The van der Waals surface area contributed by atoms with E-state index < -0.39 is 49.3 Å². The van der Waals surface area contributed by atoms with Crippen LogP contribution in [0, 0.1) is 49.0 Å². The van der Waals surface area contributed by atoms with Crippen LogP contribution in [0.4, 0.5) is 17.6 Å². The molecule has 16 heteroatoms. The zero-order chi connectivity index (χ0) is 72.9. The molecule has 10 aromatic rings. The van der Waals surface area contributed by atoms with Crippen molar-refractivity contribution in [2.24, 2.45) is 10.8 Å². The molecule has 0 amide bonds. The van der Waals surface area contributed by atoms with Crippen LogP contribution in [0.2, 0.25) is 0 Å². The number of aromatic hydroxyl groups is 2. The molecule has 0 atom stereocenters. The Kier molecular flexibility index (Phi) is 25.8. The minimum atomic E-state index is -3.39. The number of aromatic nitrogens is 2. The molecular weight excluding hydrogens is 1690 g/mol. The van der Waals surface area contributed by atoms with Crippen molar-refractivity contribution in [1.29, 1.82) is 0 Å². The van der Waals surface area contributed by atoms with Gasteiger partial charge >= 0.3 is 49.5 Å². The van der Waals surface area contributed by atoms with E-state index in [0.717, 1.165) is 102 Å². The van der Waals surface area contributed by atoms with Crippen molar-refractivity contribution in [3.8, 4) is 56.6 Å². The maximum absolute atomic E-state index is 16.7. The summed E-state index contributed by atoms with van der Waals surface area (Å²) in [5, 5.41) is 30.0. The predicted molar refractivity (Wildman–Crippen MR) is 416 cm³/mol. The molecule has 0 aliphatic carbocycles. The molecule has 2 aromatic heterocycles. The average Bonchev–Trinajstić information content (AvgIpc) is 1.52. The van der Waals surface area contributed by atoms with Gasteiger partial charge < -0.3 is 43.7 Å². The Morgan fingerprint density at radius 1 is 0.366 bits per heavy atom. The summed E-state index contributed by atoms with van der Waals surface area (Å²) in [6.07, 6.45) is 1.52. The average molecular weight is 1790 g/mol. The van der Waals surface area contributed by atoms with E-state index in [1.807, 2.05) is 24.3 Å². The molecule has 0 aliphatic rings. The number of phenols is 2. The minimum absolute atomic E-state index is 0. The Morgan fingerprint density at radius 2 is 0.624 bits per heavy atom. The number of rotatable bonds is 14. The molecule has 6 nitrogen and oxygen atoms in total. The van der Waals surface area contributed by atoms with Gasteiger partial charge in [-0.3, -0.25) is 0 Å². The van der Waals surface area contributed by atoms with Crippen molar-refractivity contribution in [2.75, 3.05) is 13.2 Å². The van der Waals surface area contributed by atoms with E-state index in [2.05, 4.69) is 234 Å². The van der Waals surface area contributed by atoms with Crippen LogP contribution in [0.1, 0.15) is 205 Å². The van der Waals surface area contributed by atoms with Gasteiger partial charge in [0.1, 0.15) is 23.1 Å². The second-order valence-electron chi connectivity index (χ2n) is 34.6. The van der Waals surface area contributed by atoms with Crippen molar-refractivity contribution in [2.45, 2.75) is 204 Å². The fourth-order valence-corrected chi connectivity index (χ4v) is 14.3. The molecule has 10 rings (SSSR count). The summed E-state index contributed by atoms with van der Waals surface area (Å²) < 4.78 is 82.3.